The van der Waals surface area contributed by atoms with Crippen molar-refractivity contribution in [1.82, 2.24) is 9.13 Å². The Morgan fingerprint density at radius 2 is 1.41 bits per heavy atom. The number of hydrogen-bond donors (Lipinski definition) is 0. The third-order valence-electron chi connectivity index (χ3n) is 5.80. The lowest BCUT2D eigenvalue weighted by Gasteiger charge is -2.07. The highest BCUT2D eigenvalue weighted by atomic mass is 32.1. The van der Waals surface area contributed by atoms with Crippen molar-refractivity contribution in [2.45, 2.75) is 46.7 Å². The van der Waals surface area contributed by atoms with Gasteiger partial charge in [0, 0.05) is 28.4 Å². The standard InChI is InChI=1S/C26H21N5S3/c1-5-7-30-19-11-17(9-15(3)13-27)32-23(19)25-21(30)22-26(34-25)24-20(31(22)8-6-2)12-18(33-24)10-16(14-28)29-4/h9-12H,5-8H2,1-3H3/b15-9-,16-10+. The Balaban J connectivity index is 1.85. The predicted octanol–water partition coefficient (Wildman–Crippen LogP) is 8.62. The van der Waals surface area contributed by atoms with Gasteiger partial charge in [0.25, 0.3) is 5.70 Å². The van der Waals surface area contributed by atoms with Crippen molar-refractivity contribution in [2.75, 3.05) is 0 Å². The second-order valence-corrected chi connectivity index (χ2v) is 11.4. The predicted molar refractivity (Wildman–Crippen MR) is 146 cm³/mol. The molecule has 0 aliphatic carbocycles. The van der Waals surface area contributed by atoms with Crippen LogP contribution in [0.15, 0.2) is 23.4 Å². The molecule has 0 amide bonds. The Labute approximate surface area is 209 Å². The summed E-state index contributed by atoms with van der Waals surface area (Å²) >= 11 is 5.26. The van der Waals surface area contributed by atoms with E-state index >= 15 is 0 Å². The maximum atomic E-state index is 9.21. The SMILES string of the molecule is [C-]#[N+]/C(C#N)=C/c1cc2c(s1)c1sc3c4sc(/C=C(/C)C#N)cc4n(CCC)c3c1n2CCC. The molecule has 5 heterocycles. The van der Waals surface area contributed by atoms with E-state index in [4.69, 9.17) is 6.57 Å². The lowest BCUT2D eigenvalue weighted by atomic mass is 10.3. The van der Waals surface area contributed by atoms with Gasteiger partial charge in [0.2, 0.25) is 0 Å². The van der Waals surface area contributed by atoms with Gasteiger partial charge in [-0.15, -0.1) is 34.0 Å². The van der Waals surface area contributed by atoms with Crippen molar-refractivity contribution in [3.05, 3.63) is 44.6 Å². The second-order valence-electron chi connectivity index (χ2n) is 8.18. The summed E-state index contributed by atoms with van der Waals surface area (Å²) in [5, 5.41) is 18.4. The zero-order valence-corrected chi connectivity index (χ0v) is 21.5. The molecule has 8 heteroatoms. The average molecular weight is 500 g/mol. The van der Waals surface area contributed by atoms with E-state index in [0.717, 1.165) is 35.7 Å². The zero-order valence-electron chi connectivity index (χ0n) is 19.1. The van der Waals surface area contributed by atoms with Crippen LogP contribution in [-0.4, -0.2) is 9.13 Å². The minimum Gasteiger partial charge on any atom is -0.337 e. The number of thiophene rings is 3. The Bertz CT molecular complexity index is 1760. The summed E-state index contributed by atoms with van der Waals surface area (Å²) in [6.07, 6.45) is 5.73. The Hall–Kier alpha value is -3.35. The molecule has 0 saturated heterocycles. The maximum absolute atomic E-state index is 9.21. The van der Waals surface area contributed by atoms with E-state index in [0.29, 0.717) is 5.57 Å². The maximum Gasteiger partial charge on any atom is 0.263 e. The van der Waals surface area contributed by atoms with Gasteiger partial charge in [0.15, 0.2) is 0 Å². The Morgan fingerprint density at radius 3 is 1.85 bits per heavy atom. The highest BCUT2D eigenvalue weighted by molar-refractivity contribution is 7.34. The first-order valence-corrected chi connectivity index (χ1v) is 13.6. The van der Waals surface area contributed by atoms with Gasteiger partial charge >= 0.3 is 0 Å². The topological polar surface area (TPSA) is 61.8 Å². The van der Waals surface area contributed by atoms with Crippen molar-refractivity contribution < 1.29 is 0 Å². The van der Waals surface area contributed by atoms with E-state index in [2.05, 4.69) is 46.0 Å². The number of aryl methyl sites for hydroxylation is 2. The van der Waals surface area contributed by atoms with E-state index < -0.39 is 0 Å². The van der Waals surface area contributed by atoms with Gasteiger partial charge < -0.3 is 9.13 Å². The molecule has 5 aromatic rings. The van der Waals surface area contributed by atoms with Crippen LogP contribution in [0.4, 0.5) is 0 Å². The third kappa shape index (κ3) is 3.37. The number of nitrogens with zero attached hydrogens (tertiary/aromatic N) is 5. The molecule has 0 unspecified atom stereocenters. The summed E-state index contributed by atoms with van der Waals surface area (Å²) < 4.78 is 9.99. The number of aromatic nitrogens is 2. The van der Waals surface area contributed by atoms with E-state index in [9.17, 15) is 10.5 Å². The van der Waals surface area contributed by atoms with Crippen LogP contribution < -0.4 is 0 Å². The highest BCUT2D eigenvalue weighted by Crippen LogP contribution is 2.49. The van der Waals surface area contributed by atoms with Crippen molar-refractivity contribution in [1.29, 1.82) is 10.5 Å². The molecule has 0 aliphatic heterocycles. The molecule has 168 valence electrons. The lowest BCUT2D eigenvalue weighted by Crippen LogP contribution is -1.99. The van der Waals surface area contributed by atoms with Gasteiger partial charge in [-0.05, 0) is 44.1 Å². The molecule has 0 saturated carbocycles. The summed E-state index contributed by atoms with van der Waals surface area (Å²) in [6, 6.07) is 8.55. The first-order chi connectivity index (χ1) is 16.5. The van der Waals surface area contributed by atoms with Gasteiger partial charge in [-0.3, -0.25) is 0 Å². The molecule has 0 aliphatic rings. The summed E-state index contributed by atoms with van der Waals surface area (Å²) in [5.41, 5.74) is 5.87. The Morgan fingerprint density at radius 1 is 0.882 bits per heavy atom. The summed E-state index contributed by atoms with van der Waals surface area (Å²) in [5.74, 6) is 0. The van der Waals surface area contributed by atoms with Crippen LogP contribution in [0.3, 0.4) is 0 Å². The summed E-state index contributed by atoms with van der Waals surface area (Å²) in [6.45, 7) is 15.3. The molecule has 5 nitrogen and oxygen atoms in total. The van der Waals surface area contributed by atoms with Gasteiger partial charge in [-0.25, -0.2) is 10.1 Å². The highest BCUT2D eigenvalue weighted by Gasteiger charge is 2.24. The molecular formula is C26H21N5S3. The summed E-state index contributed by atoms with van der Waals surface area (Å²) in [4.78, 5) is 5.38. The minimum atomic E-state index is 0.112. The molecule has 34 heavy (non-hydrogen) atoms. The molecule has 0 fully saturated rings. The van der Waals surface area contributed by atoms with Crippen molar-refractivity contribution >= 4 is 87.0 Å². The quantitative estimate of drug-likeness (QED) is 0.173. The van der Waals surface area contributed by atoms with Crippen molar-refractivity contribution in [3.63, 3.8) is 0 Å². The number of nitriles is 2. The first-order valence-electron chi connectivity index (χ1n) is 11.1. The van der Waals surface area contributed by atoms with Crippen LogP contribution in [0.5, 0.6) is 0 Å². The molecular weight excluding hydrogens is 479 g/mol. The molecule has 0 spiro atoms. The average Bonchev–Trinajstić information content (AvgIpc) is 3.60. The molecule has 5 rings (SSSR count). The fourth-order valence-corrected chi connectivity index (χ4v) is 8.36. The monoisotopic (exact) mass is 499 g/mol. The van der Waals surface area contributed by atoms with Gasteiger partial charge in [-0.2, -0.15) is 5.26 Å². The fourth-order valence-electron chi connectivity index (χ4n) is 4.51. The van der Waals surface area contributed by atoms with E-state index in [-0.39, 0.29) is 5.70 Å². The smallest absolute Gasteiger partial charge is 0.263 e. The molecule has 0 N–H and O–H groups in total. The van der Waals surface area contributed by atoms with Gasteiger partial charge in [-0.1, -0.05) is 13.8 Å². The molecule has 0 radical (unpaired) electrons. The van der Waals surface area contributed by atoms with Crippen LogP contribution in [0.1, 0.15) is 43.4 Å². The molecule has 0 aromatic carbocycles. The van der Waals surface area contributed by atoms with Crippen molar-refractivity contribution in [3.8, 4) is 12.1 Å². The molecule has 5 aromatic heterocycles. The zero-order chi connectivity index (χ0) is 24.0. The van der Waals surface area contributed by atoms with Crippen molar-refractivity contribution in [2.24, 2.45) is 0 Å². The van der Waals surface area contributed by atoms with Crippen LogP contribution in [0.2, 0.25) is 0 Å². The Kier molecular flexibility index (Phi) is 5.80. The van der Waals surface area contributed by atoms with Gasteiger partial charge in [0.1, 0.15) is 0 Å². The largest absolute Gasteiger partial charge is 0.337 e. The fraction of sp³-hybridized carbons (Fsp3) is 0.269. The van der Waals surface area contributed by atoms with E-state index in [1.165, 1.54) is 40.9 Å². The van der Waals surface area contributed by atoms with E-state index in [1.807, 2.05) is 30.4 Å². The summed E-state index contributed by atoms with van der Waals surface area (Å²) in [7, 11) is 0. The minimum absolute atomic E-state index is 0.112. The number of hydrogen-bond acceptors (Lipinski definition) is 5. The van der Waals surface area contributed by atoms with Gasteiger partial charge in [0.05, 0.1) is 59.6 Å². The third-order valence-corrected chi connectivity index (χ3v) is 9.44. The second kappa shape index (κ2) is 8.78. The van der Waals surface area contributed by atoms with Crippen LogP contribution in [0.25, 0.3) is 57.9 Å². The molecule has 0 atom stereocenters. The van der Waals surface area contributed by atoms with Crippen LogP contribution in [-0.2, 0) is 13.1 Å². The van der Waals surface area contributed by atoms with E-state index in [1.54, 1.807) is 28.7 Å². The number of rotatable bonds is 6. The van der Waals surface area contributed by atoms with Crippen LogP contribution >= 0.6 is 34.0 Å². The van der Waals surface area contributed by atoms with Crippen LogP contribution in [0, 0.1) is 29.2 Å². The molecule has 0 bridgehead atoms. The first kappa shape index (κ1) is 22.4. The normalized spacial score (nSPS) is 12.7. The lowest BCUT2D eigenvalue weighted by molar-refractivity contribution is 0.711. The number of fused-ring (bicyclic) bond motifs is 7. The number of allylic oxidation sites excluding steroid dienone is 2.